The summed E-state index contributed by atoms with van der Waals surface area (Å²) < 4.78 is 0. The van der Waals surface area contributed by atoms with Gasteiger partial charge in [0, 0.05) is 17.5 Å². The lowest BCUT2D eigenvalue weighted by atomic mass is 9.98. The van der Waals surface area contributed by atoms with Gasteiger partial charge in [0.15, 0.2) is 0 Å². The second kappa shape index (κ2) is 4.94. The van der Waals surface area contributed by atoms with Crippen LogP contribution < -0.4 is 11.5 Å². The topological polar surface area (TPSA) is 64.9 Å². The van der Waals surface area contributed by atoms with E-state index >= 15 is 0 Å². The van der Waals surface area contributed by atoms with Crippen LogP contribution in [0.25, 0.3) is 22.2 Å². The number of nitrogens with zero attached hydrogens (tertiary/aromatic N) is 1. The molecule has 0 fully saturated rings. The van der Waals surface area contributed by atoms with Crippen molar-refractivity contribution in [2.45, 2.75) is 13.5 Å². The third-order valence-corrected chi connectivity index (χ3v) is 3.64. The van der Waals surface area contributed by atoms with Crippen molar-refractivity contribution >= 4 is 16.6 Å². The van der Waals surface area contributed by atoms with E-state index in [0.717, 1.165) is 27.7 Å². The molecule has 4 N–H and O–H groups in total. The molecule has 3 rings (SSSR count). The zero-order valence-electron chi connectivity index (χ0n) is 11.4. The van der Waals surface area contributed by atoms with Crippen molar-refractivity contribution in [1.82, 2.24) is 4.98 Å². The average Bonchev–Trinajstić information content (AvgIpc) is 2.47. The third kappa shape index (κ3) is 2.02. The molecule has 3 heteroatoms. The van der Waals surface area contributed by atoms with Gasteiger partial charge in [-0.1, -0.05) is 36.4 Å². The number of rotatable bonds is 2. The van der Waals surface area contributed by atoms with E-state index in [1.807, 2.05) is 30.3 Å². The van der Waals surface area contributed by atoms with Gasteiger partial charge in [-0.15, -0.1) is 0 Å². The molecule has 0 atom stereocenters. The quantitative estimate of drug-likeness (QED) is 0.697. The fourth-order valence-electron chi connectivity index (χ4n) is 2.53. The van der Waals surface area contributed by atoms with Gasteiger partial charge in [0.2, 0.25) is 0 Å². The molecule has 0 aliphatic rings. The number of para-hydroxylation sites is 1. The standard InChI is InChI=1S/C17H17N3/c1-11-4-2-6-13(14(11)10-18)16-9-8-12-5-3-7-15(19)17(12)20-16/h2-9H,10,18-19H2,1H3. The summed E-state index contributed by atoms with van der Waals surface area (Å²) in [4.78, 5) is 4.71. The number of nitrogens with two attached hydrogens (primary N) is 2. The monoisotopic (exact) mass is 263 g/mol. The highest BCUT2D eigenvalue weighted by Gasteiger charge is 2.09. The summed E-state index contributed by atoms with van der Waals surface area (Å²) in [5.74, 6) is 0. The minimum Gasteiger partial charge on any atom is -0.397 e. The second-order valence-electron chi connectivity index (χ2n) is 4.92. The van der Waals surface area contributed by atoms with Crippen LogP contribution >= 0.6 is 0 Å². The SMILES string of the molecule is Cc1cccc(-c2ccc3cccc(N)c3n2)c1CN. The van der Waals surface area contributed by atoms with Crippen LogP contribution in [0, 0.1) is 6.92 Å². The highest BCUT2D eigenvalue weighted by atomic mass is 14.7. The largest absolute Gasteiger partial charge is 0.397 e. The molecule has 20 heavy (non-hydrogen) atoms. The Morgan fingerprint density at radius 1 is 1.00 bits per heavy atom. The van der Waals surface area contributed by atoms with E-state index in [-0.39, 0.29) is 0 Å². The Hall–Kier alpha value is -2.39. The zero-order valence-corrected chi connectivity index (χ0v) is 11.4. The molecular formula is C17H17N3. The highest BCUT2D eigenvalue weighted by Crippen LogP contribution is 2.27. The Bertz CT molecular complexity index is 778. The molecule has 1 heterocycles. The summed E-state index contributed by atoms with van der Waals surface area (Å²) in [7, 11) is 0. The maximum Gasteiger partial charge on any atom is 0.0938 e. The number of aryl methyl sites for hydroxylation is 1. The molecule has 100 valence electrons. The number of hydrogen-bond donors (Lipinski definition) is 2. The molecule has 0 unspecified atom stereocenters. The first-order valence-corrected chi connectivity index (χ1v) is 6.65. The van der Waals surface area contributed by atoms with Crippen LogP contribution in [0.5, 0.6) is 0 Å². The van der Waals surface area contributed by atoms with Gasteiger partial charge in [-0.25, -0.2) is 4.98 Å². The molecule has 0 saturated carbocycles. The number of nitrogen functional groups attached to an aromatic ring is 1. The lowest BCUT2D eigenvalue weighted by molar-refractivity contribution is 1.05. The van der Waals surface area contributed by atoms with Gasteiger partial charge in [0.05, 0.1) is 16.9 Å². The Morgan fingerprint density at radius 3 is 2.60 bits per heavy atom. The van der Waals surface area contributed by atoms with Crippen LogP contribution in [-0.4, -0.2) is 4.98 Å². The van der Waals surface area contributed by atoms with E-state index in [0.29, 0.717) is 12.2 Å². The minimum absolute atomic E-state index is 0.506. The maximum atomic E-state index is 6.02. The first-order valence-electron chi connectivity index (χ1n) is 6.65. The molecule has 0 amide bonds. The van der Waals surface area contributed by atoms with Crippen LogP contribution in [0.2, 0.25) is 0 Å². The van der Waals surface area contributed by atoms with Crippen molar-refractivity contribution in [1.29, 1.82) is 0 Å². The van der Waals surface area contributed by atoms with Gasteiger partial charge in [-0.2, -0.15) is 0 Å². The lowest BCUT2D eigenvalue weighted by Crippen LogP contribution is -2.02. The average molecular weight is 263 g/mol. The second-order valence-corrected chi connectivity index (χ2v) is 4.92. The van der Waals surface area contributed by atoms with Crippen LogP contribution in [0.3, 0.4) is 0 Å². The van der Waals surface area contributed by atoms with Crippen LogP contribution in [0.1, 0.15) is 11.1 Å². The third-order valence-electron chi connectivity index (χ3n) is 3.64. The molecule has 0 bridgehead atoms. The van der Waals surface area contributed by atoms with Gasteiger partial charge in [0.25, 0.3) is 0 Å². The lowest BCUT2D eigenvalue weighted by Gasteiger charge is -2.11. The number of pyridine rings is 1. The van der Waals surface area contributed by atoms with Crippen molar-refractivity contribution in [2.75, 3.05) is 5.73 Å². The number of aromatic nitrogens is 1. The summed E-state index contributed by atoms with van der Waals surface area (Å²) in [6.07, 6.45) is 0. The van der Waals surface area contributed by atoms with Gasteiger partial charge >= 0.3 is 0 Å². The minimum atomic E-state index is 0.506. The molecule has 0 radical (unpaired) electrons. The first-order chi connectivity index (χ1) is 9.70. The van der Waals surface area contributed by atoms with E-state index < -0.39 is 0 Å². The van der Waals surface area contributed by atoms with Crippen molar-refractivity contribution in [3.63, 3.8) is 0 Å². The summed E-state index contributed by atoms with van der Waals surface area (Å²) >= 11 is 0. The molecule has 0 aliphatic heterocycles. The molecule has 0 saturated heterocycles. The maximum absolute atomic E-state index is 6.02. The summed E-state index contributed by atoms with van der Waals surface area (Å²) in [5.41, 5.74) is 17.8. The highest BCUT2D eigenvalue weighted by molar-refractivity contribution is 5.91. The van der Waals surface area contributed by atoms with E-state index in [4.69, 9.17) is 16.5 Å². The Balaban J connectivity index is 2.25. The van der Waals surface area contributed by atoms with E-state index in [1.54, 1.807) is 0 Å². The predicted molar refractivity (Wildman–Crippen MR) is 84.2 cm³/mol. The predicted octanol–water partition coefficient (Wildman–Crippen LogP) is 3.25. The van der Waals surface area contributed by atoms with E-state index in [1.165, 1.54) is 5.56 Å². The summed E-state index contributed by atoms with van der Waals surface area (Å²) in [5, 5.41) is 1.05. The van der Waals surface area contributed by atoms with Gasteiger partial charge in [-0.05, 0) is 30.2 Å². The van der Waals surface area contributed by atoms with Crippen molar-refractivity contribution < 1.29 is 0 Å². The molecule has 2 aromatic carbocycles. The van der Waals surface area contributed by atoms with Crippen LogP contribution in [0.15, 0.2) is 48.5 Å². The number of hydrogen-bond acceptors (Lipinski definition) is 3. The van der Waals surface area contributed by atoms with Crippen molar-refractivity contribution in [3.8, 4) is 11.3 Å². The molecule has 3 aromatic rings. The molecule has 3 nitrogen and oxygen atoms in total. The van der Waals surface area contributed by atoms with Gasteiger partial charge < -0.3 is 11.5 Å². The van der Waals surface area contributed by atoms with Crippen LogP contribution in [-0.2, 0) is 6.54 Å². The number of fused-ring (bicyclic) bond motifs is 1. The zero-order chi connectivity index (χ0) is 14.1. The summed E-state index contributed by atoms with van der Waals surface area (Å²) in [6.45, 7) is 2.58. The van der Waals surface area contributed by atoms with E-state index in [2.05, 4.69) is 25.1 Å². The van der Waals surface area contributed by atoms with Crippen molar-refractivity contribution in [2.24, 2.45) is 5.73 Å². The van der Waals surface area contributed by atoms with E-state index in [9.17, 15) is 0 Å². The molecule has 0 spiro atoms. The van der Waals surface area contributed by atoms with Crippen LogP contribution in [0.4, 0.5) is 5.69 Å². The Labute approximate surface area is 118 Å². The fourth-order valence-corrected chi connectivity index (χ4v) is 2.53. The number of benzene rings is 2. The van der Waals surface area contributed by atoms with Crippen molar-refractivity contribution in [3.05, 3.63) is 59.7 Å². The normalized spacial score (nSPS) is 10.9. The Morgan fingerprint density at radius 2 is 1.80 bits per heavy atom. The molecule has 0 aliphatic carbocycles. The van der Waals surface area contributed by atoms with Gasteiger partial charge in [0.1, 0.15) is 0 Å². The summed E-state index contributed by atoms with van der Waals surface area (Å²) in [6, 6.07) is 16.1. The Kier molecular flexibility index (Phi) is 3.12. The van der Waals surface area contributed by atoms with Gasteiger partial charge in [-0.3, -0.25) is 0 Å². The first kappa shape index (κ1) is 12.6. The molecule has 1 aromatic heterocycles. The fraction of sp³-hybridized carbons (Fsp3) is 0.118. The molecular weight excluding hydrogens is 246 g/mol. The number of anilines is 1. The smallest absolute Gasteiger partial charge is 0.0938 e.